The van der Waals surface area contributed by atoms with Crippen LogP contribution in [0.1, 0.15) is 19.8 Å². The van der Waals surface area contributed by atoms with E-state index in [1.807, 2.05) is 0 Å². The summed E-state index contributed by atoms with van der Waals surface area (Å²) in [5.74, 6) is 0. The highest BCUT2D eigenvalue weighted by atomic mass is 35.5. The number of hydrogen-bond acceptors (Lipinski definition) is 2. The zero-order valence-corrected chi connectivity index (χ0v) is 7.58. The molecule has 10 heavy (non-hydrogen) atoms. The van der Waals surface area contributed by atoms with Gasteiger partial charge in [0.15, 0.2) is 0 Å². The molecule has 1 aliphatic heterocycles. The summed E-state index contributed by atoms with van der Waals surface area (Å²) in [5.41, 5.74) is 6.03. The normalized spacial score (nSPS) is 25.5. The van der Waals surface area contributed by atoms with Crippen LogP contribution in [-0.4, -0.2) is 30.6 Å². The summed E-state index contributed by atoms with van der Waals surface area (Å²) in [6, 6.07) is 0. The minimum absolute atomic E-state index is 0. The van der Waals surface area contributed by atoms with E-state index >= 15 is 0 Å². The maximum Gasteiger partial charge on any atom is 0.0150 e. The fourth-order valence-electron chi connectivity index (χ4n) is 1.13. The van der Waals surface area contributed by atoms with Crippen molar-refractivity contribution >= 4 is 12.4 Å². The van der Waals surface area contributed by atoms with Crippen molar-refractivity contribution in [2.24, 2.45) is 5.73 Å². The number of rotatable bonds is 0. The SMILES string of the molecule is CN1CCC(C)(N)CC1.Cl. The van der Waals surface area contributed by atoms with Gasteiger partial charge >= 0.3 is 0 Å². The number of piperidine rings is 1. The molecular formula is C7H17ClN2. The minimum Gasteiger partial charge on any atom is -0.325 e. The fraction of sp³-hybridized carbons (Fsp3) is 1.00. The summed E-state index contributed by atoms with van der Waals surface area (Å²) in [5, 5.41) is 0. The second kappa shape index (κ2) is 3.56. The molecule has 0 atom stereocenters. The van der Waals surface area contributed by atoms with Crippen molar-refractivity contribution in [3.63, 3.8) is 0 Å². The summed E-state index contributed by atoms with van der Waals surface area (Å²) in [4.78, 5) is 2.33. The summed E-state index contributed by atoms with van der Waals surface area (Å²) >= 11 is 0. The molecule has 0 bridgehead atoms. The summed E-state index contributed by atoms with van der Waals surface area (Å²) in [6.45, 7) is 4.46. The molecule has 0 amide bonds. The van der Waals surface area contributed by atoms with Gasteiger partial charge in [0.25, 0.3) is 0 Å². The van der Waals surface area contributed by atoms with Gasteiger partial charge in [-0.25, -0.2) is 0 Å². The molecule has 0 saturated carbocycles. The van der Waals surface area contributed by atoms with E-state index in [-0.39, 0.29) is 17.9 Å². The van der Waals surface area contributed by atoms with Gasteiger partial charge in [0.1, 0.15) is 0 Å². The Hall–Kier alpha value is 0.210. The van der Waals surface area contributed by atoms with E-state index in [0.29, 0.717) is 0 Å². The second-order valence-corrected chi connectivity index (χ2v) is 3.46. The van der Waals surface area contributed by atoms with Gasteiger partial charge in [0.2, 0.25) is 0 Å². The molecule has 0 aromatic heterocycles. The zero-order chi connectivity index (χ0) is 6.91. The van der Waals surface area contributed by atoms with Crippen molar-refractivity contribution in [1.29, 1.82) is 0 Å². The van der Waals surface area contributed by atoms with Gasteiger partial charge in [-0.1, -0.05) is 0 Å². The van der Waals surface area contributed by atoms with E-state index in [2.05, 4.69) is 18.9 Å². The van der Waals surface area contributed by atoms with Gasteiger partial charge in [-0.2, -0.15) is 0 Å². The first-order valence-corrected chi connectivity index (χ1v) is 3.58. The number of hydrogen-bond donors (Lipinski definition) is 1. The lowest BCUT2D eigenvalue weighted by Crippen LogP contribution is -2.46. The smallest absolute Gasteiger partial charge is 0.0150 e. The number of halogens is 1. The van der Waals surface area contributed by atoms with Gasteiger partial charge in [0, 0.05) is 5.54 Å². The second-order valence-electron chi connectivity index (χ2n) is 3.46. The first-order valence-electron chi connectivity index (χ1n) is 3.58. The van der Waals surface area contributed by atoms with Crippen LogP contribution in [0.25, 0.3) is 0 Å². The average Bonchev–Trinajstić information content (AvgIpc) is 1.78. The van der Waals surface area contributed by atoms with Gasteiger partial charge in [-0.05, 0) is 39.9 Å². The Kier molecular flexibility index (Phi) is 3.63. The average molecular weight is 165 g/mol. The molecule has 0 unspecified atom stereocenters. The highest BCUT2D eigenvalue weighted by molar-refractivity contribution is 5.85. The Labute approximate surface area is 69.2 Å². The number of likely N-dealkylation sites (tertiary alicyclic amines) is 1. The molecule has 0 spiro atoms. The quantitative estimate of drug-likeness (QED) is 0.576. The van der Waals surface area contributed by atoms with Crippen LogP contribution in [0.3, 0.4) is 0 Å². The first-order chi connectivity index (χ1) is 4.10. The Balaban J connectivity index is 0.000000810. The molecule has 2 N–H and O–H groups in total. The van der Waals surface area contributed by atoms with E-state index in [1.165, 1.54) is 0 Å². The van der Waals surface area contributed by atoms with E-state index < -0.39 is 0 Å². The van der Waals surface area contributed by atoms with Gasteiger partial charge < -0.3 is 10.6 Å². The van der Waals surface area contributed by atoms with Crippen molar-refractivity contribution in [2.75, 3.05) is 20.1 Å². The fourth-order valence-corrected chi connectivity index (χ4v) is 1.13. The molecule has 1 rings (SSSR count). The highest BCUT2D eigenvalue weighted by Crippen LogP contribution is 2.16. The first kappa shape index (κ1) is 10.2. The summed E-state index contributed by atoms with van der Waals surface area (Å²) < 4.78 is 0. The Bertz CT molecular complexity index is 93.8. The molecule has 62 valence electrons. The van der Waals surface area contributed by atoms with Crippen LogP contribution in [0.4, 0.5) is 0 Å². The summed E-state index contributed by atoms with van der Waals surface area (Å²) in [6.07, 6.45) is 2.28. The predicted octanol–water partition coefficient (Wildman–Crippen LogP) is 0.851. The van der Waals surface area contributed by atoms with Crippen molar-refractivity contribution in [1.82, 2.24) is 4.90 Å². The highest BCUT2D eigenvalue weighted by Gasteiger charge is 2.23. The molecule has 1 heterocycles. The van der Waals surface area contributed by atoms with Crippen LogP contribution >= 0.6 is 12.4 Å². The Morgan fingerprint density at radius 3 is 2.00 bits per heavy atom. The Morgan fingerprint density at radius 2 is 1.70 bits per heavy atom. The van der Waals surface area contributed by atoms with Crippen LogP contribution in [0.2, 0.25) is 0 Å². The van der Waals surface area contributed by atoms with Crippen LogP contribution in [-0.2, 0) is 0 Å². The molecule has 0 aromatic rings. The largest absolute Gasteiger partial charge is 0.325 e. The molecule has 1 aliphatic rings. The lowest BCUT2D eigenvalue weighted by atomic mass is 9.91. The number of nitrogens with two attached hydrogens (primary N) is 1. The number of nitrogens with zero attached hydrogens (tertiary/aromatic N) is 1. The third-order valence-corrected chi connectivity index (χ3v) is 2.13. The molecule has 3 heteroatoms. The molecule has 0 aliphatic carbocycles. The predicted molar refractivity (Wildman–Crippen MR) is 46.6 cm³/mol. The molecule has 1 saturated heterocycles. The van der Waals surface area contributed by atoms with Gasteiger partial charge in [-0.15, -0.1) is 12.4 Å². The topological polar surface area (TPSA) is 29.3 Å². The van der Waals surface area contributed by atoms with E-state index in [4.69, 9.17) is 5.73 Å². The van der Waals surface area contributed by atoms with E-state index in [9.17, 15) is 0 Å². The molecule has 1 fully saturated rings. The maximum absolute atomic E-state index is 5.91. The van der Waals surface area contributed by atoms with Crippen LogP contribution in [0, 0.1) is 0 Å². The van der Waals surface area contributed by atoms with E-state index in [1.54, 1.807) is 0 Å². The zero-order valence-electron chi connectivity index (χ0n) is 6.76. The molecule has 2 nitrogen and oxygen atoms in total. The standard InChI is InChI=1S/C7H16N2.ClH/c1-7(8)3-5-9(2)6-4-7;/h3-6,8H2,1-2H3;1H. The Morgan fingerprint density at radius 1 is 1.30 bits per heavy atom. The maximum atomic E-state index is 5.91. The lowest BCUT2D eigenvalue weighted by Gasteiger charge is -2.34. The third kappa shape index (κ3) is 2.86. The van der Waals surface area contributed by atoms with Crippen molar-refractivity contribution in [3.05, 3.63) is 0 Å². The van der Waals surface area contributed by atoms with Crippen LogP contribution in [0.15, 0.2) is 0 Å². The van der Waals surface area contributed by atoms with Crippen molar-refractivity contribution in [3.8, 4) is 0 Å². The van der Waals surface area contributed by atoms with Crippen LogP contribution < -0.4 is 5.73 Å². The lowest BCUT2D eigenvalue weighted by molar-refractivity contribution is 0.203. The minimum atomic E-state index is 0. The monoisotopic (exact) mass is 164 g/mol. The van der Waals surface area contributed by atoms with Crippen molar-refractivity contribution in [2.45, 2.75) is 25.3 Å². The molecule has 0 radical (unpaired) electrons. The summed E-state index contributed by atoms with van der Waals surface area (Å²) in [7, 11) is 2.15. The van der Waals surface area contributed by atoms with E-state index in [0.717, 1.165) is 25.9 Å². The van der Waals surface area contributed by atoms with Crippen molar-refractivity contribution < 1.29 is 0 Å². The van der Waals surface area contributed by atoms with Gasteiger partial charge in [0.05, 0.1) is 0 Å². The van der Waals surface area contributed by atoms with Gasteiger partial charge in [-0.3, -0.25) is 0 Å². The van der Waals surface area contributed by atoms with Crippen LogP contribution in [0.5, 0.6) is 0 Å². The molecular weight excluding hydrogens is 148 g/mol. The molecule has 0 aromatic carbocycles. The third-order valence-electron chi connectivity index (χ3n) is 2.13.